The summed E-state index contributed by atoms with van der Waals surface area (Å²) in [7, 11) is 0. The molecule has 2 atom stereocenters. The number of rotatable bonds is 29. The molecule has 0 aliphatic carbocycles. The van der Waals surface area contributed by atoms with Crippen LogP contribution in [0.4, 0.5) is 0 Å². The van der Waals surface area contributed by atoms with E-state index in [1.807, 2.05) is 0 Å². The molecule has 0 aromatic rings. The maximum absolute atomic E-state index is 9.36. The Morgan fingerprint density at radius 3 is 1.13 bits per heavy atom. The molecule has 4 heteroatoms. The first-order valence-electron chi connectivity index (χ1n) is 17.3. The van der Waals surface area contributed by atoms with Crippen molar-refractivity contribution in [2.24, 2.45) is 11.5 Å². The molecule has 0 saturated heterocycles. The summed E-state index contributed by atoms with van der Waals surface area (Å²) in [5, 5.41) is 18.2. The predicted octanol–water partition coefficient (Wildman–Crippen LogP) is 9.57. The van der Waals surface area contributed by atoms with Gasteiger partial charge < -0.3 is 21.7 Å². The zero-order valence-electron chi connectivity index (χ0n) is 26.6. The molecule has 0 aliphatic heterocycles. The van der Waals surface area contributed by atoms with Crippen molar-refractivity contribution in [3.8, 4) is 0 Å². The third-order valence-corrected chi connectivity index (χ3v) is 8.03. The van der Waals surface area contributed by atoms with E-state index < -0.39 is 0 Å². The van der Waals surface area contributed by atoms with Crippen LogP contribution in [0.1, 0.15) is 194 Å². The minimum absolute atomic E-state index is 0.00646. The highest BCUT2D eigenvalue weighted by Crippen LogP contribution is 2.20. The first-order valence-corrected chi connectivity index (χ1v) is 17.3. The van der Waals surface area contributed by atoms with Crippen LogP contribution in [-0.4, -0.2) is 35.0 Å². The van der Waals surface area contributed by atoms with E-state index in [-0.39, 0.29) is 24.8 Å². The molecule has 38 heavy (non-hydrogen) atoms. The Bertz CT molecular complexity index is 421. The van der Waals surface area contributed by atoms with E-state index in [1.165, 1.54) is 141 Å². The molecular weight excluding hydrogens is 468 g/mol. The third-order valence-electron chi connectivity index (χ3n) is 8.03. The maximum Gasteiger partial charge on any atom is 0.0611 e. The zero-order valence-corrected chi connectivity index (χ0v) is 26.6. The predicted molar refractivity (Wildman–Crippen MR) is 171 cm³/mol. The lowest BCUT2D eigenvalue weighted by atomic mass is 9.88. The quantitative estimate of drug-likeness (QED) is 0.0708. The summed E-state index contributed by atoms with van der Waals surface area (Å²) in [5.74, 6) is 0. The second-order valence-electron chi connectivity index (χ2n) is 12.2. The second-order valence-corrected chi connectivity index (χ2v) is 12.2. The van der Waals surface area contributed by atoms with E-state index in [2.05, 4.69) is 20.8 Å². The first-order chi connectivity index (χ1) is 18.5. The Morgan fingerprint density at radius 1 is 0.474 bits per heavy atom. The highest BCUT2D eigenvalue weighted by atomic mass is 16.3. The Balaban J connectivity index is 0. The largest absolute Gasteiger partial charge is 0.395 e. The van der Waals surface area contributed by atoms with Crippen molar-refractivity contribution in [1.82, 2.24) is 0 Å². The molecule has 0 aliphatic rings. The molecule has 0 rings (SSSR count). The molecule has 0 saturated carbocycles. The molecule has 0 bridgehead atoms. The monoisotopic (exact) mass is 543 g/mol. The van der Waals surface area contributed by atoms with E-state index >= 15 is 0 Å². The van der Waals surface area contributed by atoms with Crippen LogP contribution in [0.15, 0.2) is 0 Å². The van der Waals surface area contributed by atoms with E-state index in [4.69, 9.17) is 16.6 Å². The summed E-state index contributed by atoms with van der Waals surface area (Å²) >= 11 is 0. The van der Waals surface area contributed by atoms with Gasteiger partial charge in [0.25, 0.3) is 0 Å². The molecule has 2 unspecified atom stereocenters. The summed E-state index contributed by atoms with van der Waals surface area (Å²) in [6.07, 6.45) is 35.3. The number of aliphatic hydroxyl groups excluding tert-OH is 2. The van der Waals surface area contributed by atoms with Gasteiger partial charge in [0.15, 0.2) is 0 Å². The minimum Gasteiger partial charge on any atom is -0.395 e. The van der Waals surface area contributed by atoms with Crippen LogP contribution in [0.5, 0.6) is 0 Å². The molecular formula is C34H74N2O2. The standard InChI is InChI=1S/C19H41NO.C15H33NO/c1-2-3-4-5-6-7-8-9-10-11-12-13-14-15-16-17-19(20)18-21;1-3-5-7-8-9-10-11-13-15(16,14-17)12-6-4-2/h19,21H,2-18,20H2,1H3;17H,3-14,16H2,1-2H3. The first kappa shape index (κ1) is 40.0. The lowest BCUT2D eigenvalue weighted by molar-refractivity contribution is 0.172. The summed E-state index contributed by atoms with van der Waals surface area (Å²) < 4.78 is 0. The summed E-state index contributed by atoms with van der Waals surface area (Å²) in [6, 6.07) is 0.00646. The average molecular weight is 543 g/mol. The molecule has 0 heterocycles. The Hall–Kier alpha value is -0.160. The van der Waals surface area contributed by atoms with Gasteiger partial charge >= 0.3 is 0 Å². The number of unbranched alkanes of at least 4 members (excludes halogenated alkanes) is 21. The fourth-order valence-corrected chi connectivity index (χ4v) is 5.12. The number of aliphatic hydroxyl groups is 2. The summed E-state index contributed by atoms with van der Waals surface area (Å²) in [6.45, 7) is 6.98. The SMILES string of the molecule is CCCCCCCCCC(N)(CO)CCCC.CCCCCCCCCCCCCCCCCC(N)CO. The Morgan fingerprint density at radius 2 is 0.789 bits per heavy atom. The van der Waals surface area contributed by atoms with Crippen molar-refractivity contribution < 1.29 is 10.2 Å². The topological polar surface area (TPSA) is 92.5 Å². The van der Waals surface area contributed by atoms with Crippen molar-refractivity contribution in [2.75, 3.05) is 13.2 Å². The molecule has 0 fully saturated rings. The van der Waals surface area contributed by atoms with Gasteiger partial charge in [-0.3, -0.25) is 0 Å². The van der Waals surface area contributed by atoms with Gasteiger partial charge in [-0.25, -0.2) is 0 Å². The van der Waals surface area contributed by atoms with Crippen LogP contribution in [0, 0.1) is 0 Å². The van der Waals surface area contributed by atoms with Gasteiger partial charge in [0.2, 0.25) is 0 Å². The number of hydrogen-bond donors (Lipinski definition) is 4. The zero-order chi connectivity index (χ0) is 28.6. The van der Waals surface area contributed by atoms with E-state index in [9.17, 15) is 5.11 Å². The molecule has 0 aromatic heterocycles. The van der Waals surface area contributed by atoms with Crippen molar-refractivity contribution >= 4 is 0 Å². The highest BCUT2D eigenvalue weighted by Gasteiger charge is 2.22. The Labute approximate surface area is 240 Å². The fraction of sp³-hybridized carbons (Fsp3) is 1.00. The number of nitrogens with two attached hydrogens (primary N) is 2. The van der Waals surface area contributed by atoms with Gasteiger partial charge in [0.1, 0.15) is 0 Å². The van der Waals surface area contributed by atoms with Crippen molar-refractivity contribution in [2.45, 2.75) is 206 Å². The van der Waals surface area contributed by atoms with Gasteiger partial charge in [-0.15, -0.1) is 0 Å². The Kier molecular flexibility index (Phi) is 34.8. The van der Waals surface area contributed by atoms with Crippen LogP contribution in [0.25, 0.3) is 0 Å². The van der Waals surface area contributed by atoms with Crippen LogP contribution >= 0.6 is 0 Å². The lowest BCUT2D eigenvalue weighted by Gasteiger charge is -2.27. The average Bonchev–Trinajstić information content (AvgIpc) is 2.93. The van der Waals surface area contributed by atoms with Crippen LogP contribution in [0.2, 0.25) is 0 Å². The van der Waals surface area contributed by atoms with Crippen LogP contribution in [0.3, 0.4) is 0 Å². The minimum atomic E-state index is -0.306. The van der Waals surface area contributed by atoms with Crippen molar-refractivity contribution in [3.05, 3.63) is 0 Å². The van der Waals surface area contributed by atoms with E-state index in [0.29, 0.717) is 0 Å². The van der Waals surface area contributed by atoms with Crippen LogP contribution < -0.4 is 11.5 Å². The highest BCUT2D eigenvalue weighted by molar-refractivity contribution is 4.82. The fourth-order valence-electron chi connectivity index (χ4n) is 5.12. The van der Waals surface area contributed by atoms with E-state index in [1.54, 1.807) is 0 Å². The van der Waals surface area contributed by atoms with Gasteiger partial charge in [-0.1, -0.05) is 175 Å². The molecule has 0 aromatic carbocycles. The van der Waals surface area contributed by atoms with Crippen molar-refractivity contribution in [1.29, 1.82) is 0 Å². The number of hydrogen-bond acceptors (Lipinski definition) is 4. The normalized spacial score (nSPS) is 13.7. The second kappa shape index (κ2) is 33.0. The molecule has 4 nitrogen and oxygen atoms in total. The van der Waals surface area contributed by atoms with E-state index in [0.717, 1.165) is 32.1 Å². The summed E-state index contributed by atoms with van der Waals surface area (Å²) in [5.41, 5.74) is 11.6. The van der Waals surface area contributed by atoms with Crippen molar-refractivity contribution in [3.63, 3.8) is 0 Å². The molecule has 0 spiro atoms. The molecule has 0 radical (unpaired) electrons. The maximum atomic E-state index is 9.36. The van der Waals surface area contributed by atoms with Gasteiger partial charge in [-0.05, 0) is 19.3 Å². The van der Waals surface area contributed by atoms with Crippen LogP contribution in [-0.2, 0) is 0 Å². The molecule has 6 N–H and O–H groups in total. The van der Waals surface area contributed by atoms with Gasteiger partial charge in [0, 0.05) is 11.6 Å². The summed E-state index contributed by atoms with van der Waals surface area (Å²) in [4.78, 5) is 0. The lowest BCUT2D eigenvalue weighted by Crippen LogP contribution is -2.43. The van der Waals surface area contributed by atoms with Gasteiger partial charge in [0.05, 0.1) is 13.2 Å². The third kappa shape index (κ3) is 32.1. The van der Waals surface area contributed by atoms with Gasteiger partial charge in [-0.2, -0.15) is 0 Å². The smallest absolute Gasteiger partial charge is 0.0611 e. The molecule has 0 amide bonds. The molecule has 232 valence electrons.